The van der Waals surface area contributed by atoms with Crippen molar-refractivity contribution < 1.29 is 45.2 Å². The summed E-state index contributed by atoms with van der Waals surface area (Å²) in [6, 6.07) is 0. The van der Waals surface area contributed by atoms with Crippen LogP contribution in [0.25, 0.3) is 0 Å². The number of hydrogen-bond donors (Lipinski definition) is 7. The Morgan fingerprint density at radius 3 is 2.31 bits per heavy atom. The third-order valence-electron chi connectivity index (χ3n) is 10.8. The maximum atomic E-state index is 12.2. The molecule has 0 amide bonds. The first kappa shape index (κ1) is 26.0. The monoisotopic (exact) mass is 498 g/mol. The highest BCUT2D eigenvalue weighted by Crippen LogP contribution is 2.69. The predicted octanol–water partition coefficient (Wildman–Crippen LogP) is -0.173. The Hall–Kier alpha value is -0.620. The average Bonchev–Trinajstić information content (AvgIpc) is 3.08. The van der Waals surface area contributed by atoms with Crippen molar-refractivity contribution in [1.82, 2.24) is 0 Å². The van der Waals surface area contributed by atoms with Gasteiger partial charge in [0.15, 0.2) is 6.29 Å². The first-order valence-electron chi connectivity index (χ1n) is 13.0. The van der Waals surface area contributed by atoms with Crippen LogP contribution < -0.4 is 0 Å². The molecule has 7 N–H and O–H groups in total. The smallest absolute Gasteiger partial charge is 0.186 e. The molecule has 1 aliphatic heterocycles. The van der Waals surface area contributed by atoms with E-state index < -0.39 is 72.1 Å². The van der Waals surface area contributed by atoms with Crippen LogP contribution in [0.5, 0.6) is 0 Å². The summed E-state index contributed by atoms with van der Waals surface area (Å²) in [4.78, 5) is 0. The molecule has 2 bridgehead atoms. The second-order valence-corrected chi connectivity index (χ2v) is 12.9. The van der Waals surface area contributed by atoms with Crippen molar-refractivity contribution in [3.63, 3.8) is 0 Å². The largest absolute Gasteiger partial charge is 0.394 e. The zero-order chi connectivity index (χ0) is 25.7. The highest BCUT2D eigenvalue weighted by atomic mass is 16.7. The summed E-state index contributed by atoms with van der Waals surface area (Å²) in [5, 5.41) is 75.2. The molecule has 4 aliphatic carbocycles. The molecular weight excluding hydrogens is 456 g/mol. The Balaban J connectivity index is 1.44. The highest BCUT2D eigenvalue weighted by molar-refractivity contribution is 5.30. The van der Waals surface area contributed by atoms with Crippen molar-refractivity contribution in [1.29, 1.82) is 0 Å². The second kappa shape index (κ2) is 8.19. The molecule has 0 unspecified atom stereocenters. The van der Waals surface area contributed by atoms with Gasteiger partial charge >= 0.3 is 0 Å². The van der Waals surface area contributed by atoms with Crippen LogP contribution in [-0.2, 0) is 9.47 Å². The minimum absolute atomic E-state index is 0.0724. The van der Waals surface area contributed by atoms with Crippen LogP contribution in [0.15, 0.2) is 12.2 Å². The molecule has 0 aromatic rings. The zero-order valence-electron chi connectivity index (χ0n) is 20.9. The summed E-state index contributed by atoms with van der Waals surface area (Å²) in [6.45, 7) is 9.42. The lowest BCUT2D eigenvalue weighted by atomic mass is 9.63. The van der Waals surface area contributed by atoms with E-state index in [1.54, 1.807) is 0 Å². The standard InChI is InChI=1S/C26H42O9/c1-12-14-6-5-13-8-25(14,11-24(13,4)32)9-17(28)26(33)15(12)7-18(23(26,2)3)35-22-21(31)20(30)19(29)16(10-27)34-22/h13-22,27-33H,1,5-11H2,2-4H3/t13-,14-,15-,16+,17-,18-,19-,20-,21-,22-,24+,25-,26+/m1/s1. The van der Waals surface area contributed by atoms with E-state index in [-0.39, 0.29) is 17.3 Å². The first-order chi connectivity index (χ1) is 16.2. The van der Waals surface area contributed by atoms with Crippen LogP contribution >= 0.6 is 0 Å². The Morgan fingerprint density at radius 2 is 1.66 bits per heavy atom. The lowest BCUT2D eigenvalue weighted by Gasteiger charge is -2.47. The minimum Gasteiger partial charge on any atom is -0.394 e. The van der Waals surface area contributed by atoms with E-state index in [1.807, 2.05) is 20.8 Å². The van der Waals surface area contributed by atoms with Crippen molar-refractivity contribution in [2.45, 2.75) is 113 Å². The first-order valence-corrected chi connectivity index (χ1v) is 13.0. The van der Waals surface area contributed by atoms with Crippen molar-refractivity contribution >= 4 is 0 Å². The van der Waals surface area contributed by atoms with Crippen LogP contribution in [0.1, 0.15) is 59.3 Å². The molecule has 0 aromatic carbocycles. The van der Waals surface area contributed by atoms with Crippen molar-refractivity contribution in [3.05, 3.63) is 12.2 Å². The Morgan fingerprint density at radius 1 is 0.971 bits per heavy atom. The van der Waals surface area contributed by atoms with Crippen LogP contribution in [0, 0.1) is 28.6 Å². The van der Waals surface area contributed by atoms with E-state index >= 15 is 0 Å². The van der Waals surface area contributed by atoms with Gasteiger partial charge in [-0.1, -0.05) is 26.0 Å². The van der Waals surface area contributed by atoms with Gasteiger partial charge in [0.1, 0.15) is 30.0 Å². The van der Waals surface area contributed by atoms with E-state index in [9.17, 15) is 35.7 Å². The van der Waals surface area contributed by atoms with Gasteiger partial charge in [0.2, 0.25) is 0 Å². The molecule has 1 spiro atoms. The fourth-order valence-corrected chi connectivity index (χ4v) is 8.71. The Labute approximate surface area is 206 Å². The average molecular weight is 499 g/mol. The van der Waals surface area contributed by atoms with Crippen LogP contribution in [0.4, 0.5) is 0 Å². The minimum atomic E-state index is -1.56. The summed E-state index contributed by atoms with van der Waals surface area (Å²) in [6.07, 6.45) is -4.90. The van der Waals surface area contributed by atoms with Crippen LogP contribution in [0.2, 0.25) is 0 Å². The fraction of sp³-hybridized carbons (Fsp3) is 0.923. The van der Waals surface area contributed by atoms with E-state index in [2.05, 4.69) is 6.58 Å². The molecule has 13 atom stereocenters. The predicted molar refractivity (Wildman–Crippen MR) is 124 cm³/mol. The van der Waals surface area contributed by atoms with Gasteiger partial charge in [0.05, 0.1) is 24.4 Å². The number of aliphatic hydroxyl groups is 7. The molecule has 0 aromatic heterocycles. The van der Waals surface area contributed by atoms with E-state index in [0.29, 0.717) is 19.3 Å². The summed E-state index contributed by atoms with van der Waals surface area (Å²) < 4.78 is 11.7. The molecular formula is C26H42O9. The van der Waals surface area contributed by atoms with Crippen molar-refractivity contribution in [3.8, 4) is 0 Å². The Kier molecular flexibility index (Phi) is 6.08. The van der Waals surface area contributed by atoms with Gasteiger partial charge < -0.3 is 45.2 Å². The number of ether oxygens (including phenoxy) is 2. The molecule has 200 valence electrons. The summed E-state index contributed by atoms with van der Waals surface area (Å²) in [5.41, 5.74) is -2.75. The van der Waals surface area contributed by atoms with Crippen molar-refractivity contribution in [2.24, 2.45) is 28.6 Å². The molecule has 9 heteroatoms. The molecule has 1 heterocycles. The summed E-state index contributed by atoms with van der Waals surface area (Å²) >= 11 is 0. The number of hydrogen-bond acceptors (Lipinski definition) is 9. The Bertz CT molecular complexity index is 858. The topological polar surface area (TPSA) is 160 Å². The van der Waals surface area contributed by atoms with Gasteiger partial charge in [0, 0.05) is 11.3 Å². The molecule has 35 heavy (non-hydrogen) atoms. The highest BCUT2D eigenvalue weighted by Gasteiger charge is 2.70. The van der Waals surface area contributed by atoms with Gasteiger partial charge in [0.25, 0.3) is 0 Å². The third-order valence-corrected chi connectivity index (χ3v) is 10.8. The molecule has 5 aliphatic rings. The maximum Gasteiger partial charge on any atom is 0.186 e. The third kappa shape index (κ3) is 3.47. The summed E-state index contributed by atoms with van der Waals surface area (Å²) in [7, 11) is 0. The number of rotatable bonds is 3. The van der Waals surface area contributed by atoms with Gasteiger partial charge in [-0.15, -0.1) is 0 Å². The van der Waals surface area contributed by atoms with E-state index in [0.717, 1.165) is 24.8 Å². The summed E-state index contributed by atoms with van der Waals surface area (Å²) in [5.74, 6) is -0.210. The molecule has 1 saturated heterocycles. The van der Waals surface area contributed by atoms with Gasteiger partial charge in [-0.3, -0.25) is 0 Å². The molecule has 5 fully saturated rings. The number of fused-ring (bicyclic) bond motifs is 2. The molecule has 0 radical (unpaired) electrons. The maximum absolute atomic E-state index is 12.2. The lowest BCUT2D eigenvalue weighted by Crippen LogP contribution is -2.61. The van der Waals surface area contributed by atoms with Gasteiger partial charge in [-0.25, -0.2) is 0 Å². The van der Waals surface area contributed by atoms with E-state index in [1.165, 1.54) is 0 Å². The van der Waals surface area contributed by atoms with Gasteiger partial charge in [-0.2, -0.15) is 0 Å². The molecule has 5 rings (SSSR count). The van der Waals surface area contributed by atoms with Crippen LogP contribution in [0.3, 0.4) is 0 Å². The molecule has 9 nitrogen and oxygen atoms in total. The second-order valence-electron chi connectivity index (χ2n) is 12.9. The fourth-order valence-electron chi connectivity index (χ4n) is 8.71. The van der Waals surface area contributed by atoms with E-state index in [4.69, 9.17) is 9.47 Å². The molecule has 4 saturated carbocycles. The zero-order valence-corrected chi connectivity index (χ0v) is 20.9. The lowest BCUT2D eigenvalue weighted by molar-refractivity contribution is -0.321. The van der Waals surface area contributed by atoms with Gasteiger partial charge in [-0.05, 0) is 62.7 Å². The van der Waals surface area contributed by atoms with Crippen molar-refractivity contribution in [2.75, 3.05) is 6.61 Å². The van der Waals surface area contributed by atoms with Crippen LogP contribution in [-0.4, -0.2) is 96.5 Å². The quantitative estimate of drug-likeness (QED) is 0.262. The normalized spacial score (nSPS) is 57.5. The number of aliphatic hydroxyl groups excluding tert-OH is 5. The SMILES string of the molecule is C=C1[C@H]2CC[C@@H]3C[C@@]2(C[C@@H](O)[C@@]2(O)[C@@H]1C[C@@H](O[C@H]1O[C@@H](CO)[C@@H](O)[C@@H](O)[C@H]1O)C2(C)C)C[C@]3(C)O.